The van der Waals surface area contributed by atoms with E-state index in [-0.39, 0.29) is 30.1 Å². The number of benzene rings is 1. The van der Waals surface area contributed by atoms with Crippen molar-refractivity contribution < 1.29 is 22.7 Å². The lowest BCUT2D eigenvalue weighted by molar-refractivity contribution is 0.0520. The highest BCUT2D eigenvalue weighted by Crippen LogP contribution is 2.16. The molecule has 0 aliphatic heterocycles. The van der Waals surface area contributed by atoms with Crippen molar-refractivity contribution in [3.63, 3.8) is 0 Å². The summed E-state index contributed by atoms with van der Waals surface area (Å²) in [4.78, 5) is 17.9. The first-order valence-corrected chi connectivity index (χ1v) is 5.85. The van der Waals surface area contributed by atoms with E-state index in [9.17, 15) is 18.0 Å². The number of carbonyl (C=O) groups is 1. The van der Waals surface area contributed by atoms with E-state index < -0.39 is 23.4 Å². The number of nitrogens with zero attached hydrogens (tertiary/aromatic N) is 1. The Bertz CT molecular complexity index is 641. The SMILES string of the molecule is CCOC(=O)c1cnc(Cc2cc(F)c(F)cc2F)[nH]1. The second kappa shape index (κ2) is 5.77. The molecule has 7 heteroatoms. The van der Waals surface area contributed by atoms with Gasteiger partial charge in [0.05, 0.1) is 12.8 Å². The van der Waals surface area contributed by atoms with E-state index in [1.54, 1.807) is 6.92 Å². The number of hydrogen-bond donors (Lipinski definition) is 1. The van der Waals surface area contributed by atoms with E-state index in [4.69, 9.17) is 4.74 Å². The van der Waals surface area contributed by atoms with Gasteiger partial charge < -0.3 is 9.72 Å². The Balaban J connectivity index is 2.19. The number of esters is 1. The van der Waals surface area contributed by atoms with Gasteiger partial charge in [0, 0.05) is 12.5 Å². The fourth-order valence-electron chi connectivity index (χ4n) is 1.64. The van der Waals surface area contributed by atoms with Crippen molar-refractivity contribution in [3.05, 3.63) is 52.9 Å². The Morgan fingerprint density at radius 3 is 2.65 bits per heavy atom. The first kappa shape index (κ1) is 14.1. The summed E-state index contributed by atoms with van der Waals surface area (Å²) in [6.45, 7) is 1.87. The van der Waals surface area contributed by atoms with Crippen molar-refractivity contribution in [2.75, 3.05) is 6.61 Å². The van der Waals surface area contributed by atoms with Gasteiger partial charge in [-0.2, -0.15) is 0 Å². The molecule has 0 atom stereocenters. The van der Waals surface area contributed by atoms with E-state index >= 15 is 0 Å². The molecule has 1 aromatic carbocycles. The molecular formula is C13H11F3N2O2. The Hall–Kier alpha value is -2.31. The van der Waals surface area contributed by atoms with Gasteiger partial charge in [0.25, 0.3) is 0 Å². The molecule has 0 aliphatic carbocycles. The number of aromatic amines is 1. The molecule has 106 valence electrons. The normalized spacial score (nSPS) is 10.6. The predicted octanol–water partition coefficient (Wildman–Crippen LogP) is 2.59. The van der Waals surface area contributed by atoms with E-state index in [2.05, 4.69) is 9.97 Å². The van der Waals surface area contributed by atoms with E-state index in [1.165, 1.54) is 6.20 Å². The zero-order valence-electron chi connectivity index (χ0n) is 10.5. The number of nitrogens with one attached hydrogen (secondary N) is 1. The summed E-state index contributed by atoms with van der Waals surface area (Å²) in [6.07, 6.45) is 1.15. The Morgan fingerprint density at radius 1 is 1.25 bits per heavy atom. The molecule has 0 bridgehead atoms. The minimum atomic E-state index is -1.25. The smallest absolute Gasteiger partial charge is 0.356 e. The Kier molecular flexibility index (Phi) is 4.07. The van der Waals surface area contributed by atoms with Crippen LogP contribution in [0.15, 0.2) is 18.3 Å². The van der Waals surface area contributed by atoms with Gasteiger partial charge in [0.2, 0.25) is 0 Å². The van der Waals surface area contributed by atoms with Crippen molar-refractivity contribution in [2.45, 2.75) is 13.3 Å². The van der Waals surface area contributed by atoms with Crippen molar-refractivity contribution in [2.24, 2.45) is 0 Å². The van der Waals surface area contributed by atoms with Crippen molar-refractivity contribution >= 4 is 5.97 Å². The summed E-state index contributed by atoms with van der Waals surface area (Å²) in [5, 5.41) is 0. The lowest BCUT2D eigenvalue weighted by atomic mass is 10.1. The van der Waals surface area contributed by atoms with Crippen molar-refractivity contribution in [3.8, 4) is 0 Å². The third kappa shape index (κ3) is 2.98. The van der Waals surface area contributed by atoms with Gasteiger partial charge in [-0.1, -0.05) is 0 Å². The summed E-state index contributed by atoms with van der Waals surface area (Å²) in [7, 11) is 0. The fourth-order valence-corrected chi connectivity index (χ4v) is 1.64. The molecule has 0 aliphatic rings. The van der Waals surface area contributed by atoms with Gasteiger partial charge in [0.15, 0.2) is 11.6 Å². The third-order valence-electron chi connectivity index (χ3n) is 2.57. The molecule has 1 aromatic heterocycles. The summed E-state index contributed by atoms with van der Waals surface area (Å²) >= 11 is 0. The van der Waals surface area contributed by atoms with Crippen LogP contribution in [0.1, 0.15) is 28.8 Å². The molecule has 0 unspecified atom stereocenters. The van der Waals surface area contributed by atoms with Crippen LogP contribution in [0.5, 0.6) is 0 Å². The Labute approximate surface area is 112 Å². The monoisotopic (exact) mass is 284 g/mol. The highest BCUT2D eigenvalue weighted by molar-refractivity contribution is 5.86. The van der Waals surface area contributed by atoms with E-state index in [1.807, 2.05) is 0 Å². The first-order valence-electron chi connectivity index (χ1n) is 5.85. The molecule has 0 radical (unpaired) electrons. The van der Waals surface area contributed by atoms with Gasteiger partial charge in [-0.25, -0.2) is 22.9 Å². The zero-order chi connectivity index (χ0) is 14.7. The predicted molar refractivity (Wildman–Crippen MR) is 63.7 cm³/mol. The molecule has 2 rings (SSSR count). The van der Waals surface area contributed by atoms with Crippen LogP contribution < -0.4 is 0 Å². The standard InChI is InChI=1S/C13H11F3N2O2/c1-2-20-13(19)11-6-17-12(18-11)4-7-3-9(15)10(16)5-8(7)14/h3,5-6H,2,4H2,1H3,(H,17,18). The van der Waals surface area contributed by atoms with Crippen LogP contribution in [0, 0.1) is 17.5 Å². The van der Waals surface area contributed by atoms with Crippen molar-refractivity contribution in [1.82, 2.24) is 9.97 Å². The van der Waals surface area contributed by atoms with Crippen LogP contribution in [0.25, 0.3) is 0 Å². The molecule has 4 nitrogen and oxygen atoms in total. The largest absolute Gasteiger partial charge is 0.461 e. The maximum atomic E-state index is 13.5. The average molecular weight is 284 g/mol. The maximum Gasteiger partial charge on any atom is 0.356 e. The summed E-state index contributed by atoms with van der Waals surface area (Å²) in [6, 6.07) is 1.23. The number of carbonyl (C=O) groups excluding carboxylic acids is 1. The van der Waals surface area contributed by atoms with Gasteiger partial charge in [-0.05, 0) is 18.6 Å². The van der Waals surface area contributed by atoms with Gasteiger partial charge in [-0.15, -0.1) is 0 Å². The molecule has 20 heavy (non-hydrogen) atoms. The molecule has 0 fully saturated rings. The molecule has 0 saturated heterocycles. The zero-order valence-corrected chi connectivity index (χ0v) is 10.5. The summed E-state index contributed by atoms with van der Waals surface area (Å²) in [5.74, 6) is -3.61. The molecule has 0 spiro atoms. The number of imidazole rings is 1. The number of halogens is 3. The Morgan fingerprint density at radius 2 is 1.95 bits per heavy atom. The lowest BCUT2D eigenvalue weighted by Gasteiger charge is -2.02. The van der Waals surface area contributed by atoms with Crippen LogP contribution in [0.4, 0.5) is 13.2 Å². The van der Waals surface area contributed by atoms with E-state index in [0.29, 0.717) is 6.07 Å². The third-order valence-corrected chi connectivity index (χ3v) is 2.57. The molecule has 0 saturated carbocycles. The molecule has 1 heterocycles. The highest BCUT2D eigenvalue weighted by Gasteiger charge is 2.14. The van der Waals surface area contributed by atoms with Crippen LogP contribution in [-0.2, 0) is 11.2 Å². The number of H-pyrrole nitrogens is 1. The number of ether oxygens (including phenoxy) is 1. The molecule has 0 amide bonds. The van der Waals surface area contributed by atoms with Crippen LogP contribution in [0.3, 0.4) is 0 Å². The molecular weight excluding hydrogens is 273 g/mol. The molecule has 1 N–H and O–H groups in total. The fraction of sp³-hybridized carbons (Fsp3) is 0.231. The lowest BCUT2D eigenvalue weighted by Crippen LogP contribution is -2.05. The van der Waals surface area contributed by atoms with E-state index in [0.717, 1.165) is 6.07 Å². The second-order valence-corrected chi connectivity index (χ2v) is 4.00. The topological polar surface area (TPSA) is 55.0 Å². The average Bonchev–Trinajstić information content (AvgIpc) is 2.85. The van der Waals surface area contributed by atoms with Crippen LogP contribution in [0.2, 0.25) is 0 Å². The van der Waals surface area contributed by atoms with Crippen LogP contribution >= 0.6 is 0 Å². The van der Waals surface area contributed by atoms with Gasteiger partial charge in [-0.3, -0.25) is 0 Å². The minimum absolute atomic E-state index is 0.0614. The van der Waals surface area contributed by atoms with Gasteiger partial charge in [0.1, 0.15) is 17.3 Å². The number of aromatic nitrogens is 2. The molecule has 2 aromatic rings. The quantitative estimate of drug-likeness (QED) is 0.693. The highest BCUT2D eigenvalue weighted by atomic mass is 19.2. The maximum absolute atomic E-state index is 13.5. The summed E-state index contributed by atoms with van der Waals surface area (Å²) in [5.41, 5.74) is 0.0542. The van der Waals surface area contributed by atoms with Crippen molar-refractivity contribution in [1.29, 1.82) is 0 Å². The van der Waals surface area contributed by atoms with Gasteiger partial charge >= 0.3 is 5.97 Å². The summed E-state index contributed by atoms with van der Waals surface area (Å²) < 4.78 is 44.1. The minimum Gasteiger partial charge on any atom is -0.461 e. The van der Waals surface area contributed by atoms with Crippen LogP contribution in [-0.4, -0.2) is 22.5 Å². The first-order chi connectivity index (χ1) is 9.51. The number of rotatable bonds is 4. The number of hydrogen-bond acceptors (Lipinski definition) is 3. The second-order valence-electron chi connectivity index (χ2n) is 4.00.